The predicted molar refractivity (Wildman–Crippen MR) is 57.6 cm³/mol. The van der Waals surface area contributed by atoms with Crippen LogP contribution in [0.1, 0.15) is 10.4 Å². The van der Waals surface area contributed by atoms with Crippen molar-refractivity contribution < 1.29 is 18.0 Å². The average molecular weight is 271 g/mol. The highest BCUT2D eigenvalue weighted by Crippen LogP contribution is 2.10. The van der Waals surface area contributed by atoms with Gasteiger partial charge in [-0.15, -0.1) is 0 Å². The van der Waals surface area contributed by atoms with E-state index in [1.807, 2.05) is 0 Å². The zero-order chi connectivity index (χ0) is 14.1. The highest BCUT2D eigenvalue weighted by atomic mass is 19.4. The molecule has 0 aliphatic rings. The second-order valence-corrected chi connectivity index (χ2v) is 2.98. The van der Waals surface area contributed by atoms with E-state index in [0.29, 0.717) is 0 Å². The van der Waals surface area contributed by atoms with E-state index in [1.165, 1.54) is 6.33 Å². The maximum absolute atomic E-state index is 11.6. The molecule has 2 aromatic rings. The predicted octanol–water partition coefficient (Wildman–Crippen LogP) is 1.20. The van der Waals surface area contributed by atoms with Crippen LogP contribution in [0.15, 0.2) is 43.5 Å². The lowest BCUT2D eigenvalue weighted by Gasteiger charge is -2.06. The summed E-state index contributed by atoms with van der Waals surface area (Å²) in [6.45, 7) is 0. The minimum atomic E-state index is -4.73. The summed E-state index contributed by atoms with van der Waals surface area (Å²) in [6.07, 6.45) is 3.25. The van der Waals surface area contributed by atoms with Gasteiger partial charge in [-0.25, -0.2) is 19.9 Å². The average Bonchev–Trinajstić information content (AvgIpc) is 2.40. The number of nitrogens with zero attached hydrogens (tertiary/aromatic N) is 4. The molecule has 2 rings (SSSR count). The summed E-state index contributed by atoms with van der Waals surface area (Å²) in [6, 6.07) is 1.78. The molecule has 0 saturated heterocycles. The van der Waals surface area contributed by atoms with Gasteiger partial charge in [0, 0.05) is 24.8 Å². The molecule has 2 heterocycles. The normalized spacial score (nSPS) is 10.1. The van der Waals surface area contributed by atoms with E-state index >= 15 is 0 Å². The molecular formula is C10H8F3N5O. The van der Waals surface area contributed by atoms with Gasteiger partial charge in [-0.3, -0.25) is 10.1 Å². The van der Waals surface area contributed by atoms with Crippen molar-refractivity contribution in [3.05, 3.63) is 49.1 Å². The number of hydrogen-bond acceptors (Lipinski definition) is 5. The molecule has 0 atom stereocenters. The van der Waals surface area contributed by atoms with Crippen LogP contribution in [-0.4, -0.2) is 32.1 Å². The van der Waals surface area contributed by atoms with Gasteiger partial charge in [0.2, 0.25) is 0 Å². The number of rotatable bonds is 1. The molecule has 0 bridgehead atoms. The second kappa shape index (κ2) is 6.99. The number of alkyl halides is 3. The molecule has 0 spiro atoms. The van der Waals surface area contributed by atoms with Gasteiger partial charge in [-0.2, -0.15) is 13.2 Å². The third-order valence-electron chi connectivity index (χ3n) is 1.56. The van der Waals surface area contributed by atoms with Crippen LogP contribution < -0.4 is 5.32 Å². The molecule has 1 amide bonds. The molecule has 0 unspecified atom stereocenters. The molecule has 19 heavy (non-hydrogen) atoms. The van der Waals surface area contributed by atoms with E-state index in [2.05, 4.69) is 19.9 Å². The van der Waals surface area contributed by atoms with Crippen LogP contribution in [0.25, 0.3) is 0 Å². The van der Waals surface area contributed by atoms with Gasteiger partial charge < -0.3 is 0 Å². The molecule has 0 aliphatic carbocycles. The lowest BCUT2D eigenvalue weighted by Crippen LogP contribution is -2.37. The highest BCUT2D eigenvalue weighted by molar-refractivity contribution is 5.93. The Morgan fingerprint density at radius 3 is 1.89 bits per heavy atom. The summed E-state index contributed by atoms with van der Waals surface area (Å²) in [5, 5.41) is 0.816. The second-order valence-electron chi connectivity index (χ2n) is 2.98. The maximum Gasteiger partial charge on any atom is 0.484 e. The molecule has 0 aliphatic heterocycles. The highest BCUT2D eigenvalue weighted by Gasteiger charge is 2.30. The number of aromatic nitrogens is 4. The standard InChI is InChI=1S/C6H4F3N3O.C4H4N2/c7-6(8,9)12-5(13)4-1-10-3-11-2-4;1-2-5-4-6-3-1/h1-3H,(H,12,13);1-4H. The minimum Gasteiger partial charge on any atom is -0.269 e. The van der Waals surface area contributed by atoms with Gasteiger partial charge in [-0.05, 0) is 6.07 Å². The van der Waals surface area contributed by atoms with Crippen molar-refractivity contribution in [1.29, 1.82) is 0 Å². The first kappa shape index (κ1) is 14.5. The first-order chi connectivity index (χ1) is 8.99. The summed E-state index contributed by atoms with van der Waals surface area (Å²) in [4.78, 5) is 24.9. The first-order valence-corrected chi connectivity index (χ1v) is 4.83. The number of carbonyl (C=O) groups is 1. The summed E-state index contributed by atoms with van der Waals surface area (Å²) in [5.41, 5.74) is -0.236. The van der Waals surface area contributed by atoms with Crippen LogP contribution >= 0.6 is 0 Å². The number of halogens is 3. The molecule has 6 nitrogen and oxygen atoms in total. The topological polar surface area (TPSA) is 80.7 Å². The van der Waals surface area contributed by atoms with Gasteiger partial charge in [0.1, 0.15) is 12.7 Å². The van der Waals surface area contributed by atoms with Crippen LogP contribution in [-0.2, 0) is 0 Å². The molecular weight excluding hydrogens is 263 g/mol. The molecule has 0 saturated carbocycles. The Morgan fingerprint density at radius 2 is 1.53 bits per heavy atom. The van der Waals surface area contributed by atoms with Crippen molar-refractivity contribution in [1.82, 2.24) is 25.3 Å². The smallest absolute Gasteiger partial charge is 0.269 e. The van der Waals surface area contributed by atoms with Crippen molar-refractivity contribution in [2.75, 3.05) is 0 Å². The van der Waals surface area contributed by atoms with Crippen molar-refractivity contribution in [3.63, 3.8) is 0 Å². The first-order valence-electron chi connectivity index (χ1n) is 4.83. The van der Waals surface area contributed by atoms with Gasteiger partial charge in [0.25, 0.3) is 5.91 Å². The molecule has 1 N–H and O–H groups in total. The zero-order valence-electron chi connectivity index (χ0n) is 9.37. The molecule has 9 heteroatoms. The fraction of sp³-hybridized carbons (Fsp3) is 0.100. The van der Waals surface area contributed by atoms with Crippen molar-refractivity contribution in [3.8, 4) is 0 Å². The lowest BCUT2D eigenvalue weighted by molar-refractivity contribution is -0.146. The third kappa shape index (κ3) is 6.66. The van der Waals surface area contributed by atoms with E-state index in [0.717, 1.165) is 24.0 Å². The fourth-order valence-electron chi connectivity index (χ4n) is 0.871. The summed E-state index contributed by atoms with van der Waals surface area (Å²) in [5.74, 6) is -1.27. The van der Waals surface area contributed by atoms with Gasteiger partial charge >= 0.3 is 6.30 Å². The Morgan fingerprint density at radius 1 is 1.00 bits per heavy atom. The summed E-state index contributed by atoms with van der Waals surface area (Å²) < 4.78 is 34.9. The van der Waals surface area contributed by atoms with E-state index in [1.54, 1.807) is 18.5 Å². The van der Waals surface area contributed by atoms with Crippen molar-refractivity contribution >= 4 is 5.91 Å². The minimum absolute atomic E-state index is 0.236. The summed E-state index contributed by atoms with van der Waals surface area (Å²) >= 11 is 0. The van der Waals surface area contributed by atoms with Crippen LogP contribution in [0.2, 0.25) is 0 Å². The summed E-state index contributed by atoms with van der Waals surface area (Å²) in [7, 11) is 0. The zero-order valence-corrected chi connectivity index (χ0v) is 9.37. The SMILES string of the molecule is O=C(NC(F)(F)F)c1cncnc1.c1cncnc1. The molecule has 0 fully saturated rings. The molecule has 2 aromatic heterocycles. The maximum atomic E-state index is 11.6. The van der Waals surface area contributed by atoms with E-state index in [4.69, 9.17) is 0 Å². The number of amides is 1. The Hall–Kier alpha value is -2.58. The molecule has 0 radical (unpaired) electrons. The van der Waals surface area contributed by atoms with Crippen LogP contribution in [0.3, 0.4) is 0 Å². The Balaban J connectivity index is 0.000000250. The van der Waals surface area contributed by atoms with E-state index < -0.39 is 12.2 Å². The van der Waals surface area contributed by atoms with Crippen molar-refractivity contribution in [2.45, 2.75) is 6.30 Å². The Bertz CT molecular complexity index is 465. The van der Waals surface area contributed by atoms with Crippen LogP contribution in [0.4, 0.5) is 13.2 Å². The van der Waals surface area contributed by atoms with Crippen LogP contribution in [0.5, 0.6) is 0 Å². The fourth-order valence-corrected chi connectivity index (χ4v) is 0.871. The quantitative estimate of drug-likeness (QED) is 0.788. The number of carbonyl (C=O) groups excluding carboxylic acids is 1. The van der Waals surface area contributed by atoms with E-state index in [-0.39, 0.29) is 5.56 Å². The Kier molecular flexibility index (Phi) is 5.33. The Labute approximate surface area is 105 Å². The van der Waals surface area contributed by atoms with E-state index in [9.17, 15) is 18.0 Å². The van der Waals surface area contributed by atoms with Gasteiger partial charge in [0.05, 0.1) is 5.56 Å². The molecule has 100 valence electrons. The lowest BCUT2D eigenvalue weighted by atomic mass is 10.3. The molecule has 0 aromatic carbocycles. The van der Waals surface area contributed by atoms with Crippen LogP contribution in [0, 0.1) is 0 Å². The monoisotopic (exact) mass is 271 g/mol. The van der Waals surface area contributed by atoms with Crippen molar-refractivity contribution in [2.24, 2.45) is 0 Å². The van der Waals surface area contributed by atoms with Gasteiger partial charge in [0.15, 0.2) is 0 Å². The number of nitrogens with one attached hydrogen (secondary N) is 1. The number of hydrogen-bond donors (Lipinski definition) is 1. The van der Waals surface area contributed by atoms with Gasteiger partial charge in [-0.1, -0.05) is 0 Å². The third-order valence-corrected chi connectivity index (χ3v) is 1.56. The largest absolute Gasteiger partial charge is 0.484 e.